The topological polar surface area (TPSA) is 63.8 Å². The summed E-state index contributed by atoms with van der Waals surface area (Å²) in [6.07, 6.45) is 1.18. The number of aromatic nitrogens is 2. The van der Waals surface area contributed by atoms with Gasteiger partial charge in [-0.05, 0) is 11.8 Å². The van der Waals surface area contributed by atoms with E-state index in [2.05, 4.69) is 24.3 Å². The van der Waals surface area contributed by atoms with Gasteiger partial charge in [0.1, 0.15) is 11.6 Å². The Balaban J connectivity index is 2.02. The molecule has 5 heteroatoms. The van der Waals surface area contributed by atoms with Gasteiger partial charge in [-0.1, -0.05) is 13.8 Å². The summed E-state index contributed by atoms with van der Waals surface area (Å²) in [7, 11) is 0. The van der Waals surface area contributed by atoms with Gasteiger partial charge in [-0.2, -0.15) is 11.8 Å². The zero-order chi connectivity index (χ0) is 11.3. The molecule has 1 atom stereocenters. The van der Waals surface area contributed by atoms with Gasteiger partial charge in [0.05, 0.1) is 5.69 Å². The monoisotopic (exact) mass is 236 g/mol. The van der Waals surface area contributed by atoms with Crippen LogP contribution in [0.1, 0.15) is 43.3 Å². The molecule has 16 heavy (non-hydrogen) atoms. The Labute approximate surface area is 99.4 Å². The van der Waals surface area contributed by atoms with E-state index in [4.69, 9.17) is 10.8 Å². The Morgan fingerprint density at radius 2 is 2.12 bits per heavy atom. The number of nitrogen functional groups attached to an aromatic ring is 1. The number of nitrogens with one attached hydrogen (secondary N) is 1. The number of rotatable bonds is 2. The van der Waals surface area contributed by atoms with E-state index in [0.717, 1.165) is 23.1 Å². The van der Waals surface area contributed by atoms with Crippen LogP contribution in [0.3, 0.4) is 0 Å². The van der Waals surface area contributed by atoms with Crippen molar-refractivity contribution < 1.29 is 0 Å². The zero-order valence-electron chi connectivity index (χ0n) is 9.58. The van der Waals surface area contributed by atoms with Crippen LogP contribution < -0.4 is 11.3 Å². The minimum Gasteiger partial charge on any atom is -0.308 e. The van der Waals surface area contributed by atoms with Crippen molar-refractivity contribution in [3.8, 4) is 0 Å². The third-order valence-electron chi connectivity index (χ3n) is 3.56. The molecule has 86 valence electrons. The smallest absolute Gasteiger partial charge is 0.148 e. The molecular weight excluding hydrogens is 220 g/mol. The summed E-state index contributed by atoms with van der Waals surface area (Å²) in [5.74, 6) is 9.81. The van der Waals surface area contributed by atoms with Crippen LogP contribution in [0.15, 0.2) is 0 Å². The van der Waals surface area contributed by atoms with E-state index in [0.29, 0.717) is 11.3 Å². The highest BCUT2D eigenvalue weighted by atomic mass is 32.2. The molecule has 1 saturated carbocycles. The van der Waals surface area contributed by atoms with Gasteiger partial charge >= 0.3 is 0 Å². The van der Waals surface area contributed by atoms with Gasteiger partial charge in [0.25, 0.3) is 0 Å². The number of thioether (sulfide) groups is 1. The Bertz CT molecular complexity index is 444. The van der Waals surface area contributed by atoms with Gasteiger partial charge in [-0.3, -0.25) is 0 Å². The van der Waals surface area contributed by atoms with E-state index in [-0.39, 0.29) is 0 Å². The summed E-state index contributed by atoms with van der Waals surface area (Å²) in [5, 5.41) is 0. The van der Waals surface area contributed by atoms with Crippen molar-refractivity contribution in [2.45, 2.75) is 37.7 Å². The van der Waals surface area contributed by atoms with Crippen molar-refractivity contribution in [1.29, 1.82) is 0 Å². The van der Waals surface area contributed by atoms with Gasteiger partial charge in [0.15, 0.2) is 0 Å². The van der Waals surface area contributed by atoms with Crippen LogP contribution in [0.25, 0.3) is 0 Å². The Kier molecular flexibility index (Phi) is 2.16. The van der Waals surface area contributed by atoms with Crippen LogP contribution in [0.5, 0.6) is 0 Å². The second-order valence-electron chi connectivity index (χ2n) is 5.24. The van der Waals surface area contributed by atoms with Crippen LogP contribution in [0, 0.1) is 5.41 Å². The van der Waals surface area contributed by atoms with Crippen molar-refractivity contribution in [3.63, 3.8) is 0 Å². The fourth-order valence-electron chi connectivity index (χ4n) is 2.25. The van der Waals surface area contributed by atoms with Crippen molar-refractivity contribution in [2.75, 3.05) is 5.43 Å². The van der Waals surface area contributed by atoms with Crippen molar-refractivity contribution in [1.82, 2.24) is 9.97 Å². The van der Waals surface area contributed by atoms with Gasteiger partial charge in [-0.25, -0.2) is 15.8 Å². The van der Waals surface area contributed by atoms with E-state index in [9.17, 15) is 0 Å². The lowest BCUT2D eigenvalue weighted by atomic mass is 10.1. The second kappa shape index (κ2) is 3.34. The van der Waals surface area contributed by atoms with E-state index in [1.807, 2.05) is 11.8 Å². The highest BCUT2D eigenvalue weighted by Crippen LogP contribution is 2.57. The lowest BCUT2D eigenvalue weighted by molar-refractivity contribution is 0.607. The Morgan fingerprint density at radius 1 is 1.38 bits per heavy atom. The fraction of sp³-hybridized carbons (Fsp3) is 0.636. The molecule has 0 bridgehead atoms. The molecule has 1 fully saturated rings. The molecule has 0 radical (unpaired) electrons. The zero-order valence-corrected chi connectivity index (χ0v) is 10.4. The first-order valence-electron chi connectivity index (χ1n) is 5.56. The highest BCUT2D eigenvalue weighted by molar-refractivity contribution is 7.98. The van der Waals surface area contributed by atoms with Crippen LogP contribution in [-0.4, -0.2) is 9.97 Å². The first-order valence-corrected chi connectivity index (χ1v) is 6.71. The number of nitrogens with two attached hydrogens (primary N) is 1. The van der Waals surface area contributed by atoms with Crippen molar-refractivity contribution >= 4 is 17.6 Å². The average Bonchev–Trinajstić information content (AvgIpc) is 2.71. The number of hydrazine groups is 1. The molecule has 3 N–H and O–H groups in total. The molecule has 1 aromatic rings. The predicted octanol–water partition coefficient (Wildman–Crippen LogP) is 2.02. The molecule has 1 aliphatic carbocycles. The van der Waals surface area contributed by atoms with Crippen LogP contribution in [0.2, 0.25) is 0 Å². The molecule has 1 aromatic heterocycles. The molecule has 2 heterocycles. The average molecular weight is 236 g/mol. The SMILES string of the molecule is CC1(C)CC1c1nc2c(c(NN)n1)CSC2. The number of anilines is 1. The molecule has 1 unspecified atom stereocenters. The molecule has 3 rings (SSSR count). The molecule has 1 aliphatic heterocycles. The lowest BCUT2D eigenvalue weighted by Crippen LogP contribution is -2.14. The third kappa shape index (κ3) is 1.50. The summed E-state index contributed by atoms with van der Waals surface area (Å²) >= 11 is 1.88. The lowest BCUT2D eigenvalue weighted by Gasteiger charge is -2.09. The number of hydrogen-bond donors (Lipinski definition) is 2. The molecule has 0 aromatic carbocycles. The number of fused-ring (bicyclic) bond motifs is 1. The van der Waals surface area contributed by atoms with Crippen LogP contribution in [-0.2, 0) is 11.5 Å². The van der Waals surface area contributed by atoms with Crippen molar-refractivity contribution in [2.24, 2.45) is 11.3 Å². The van der Waals surface area contributed by atoms with Crippen molar-refractivity contribution in [3.05, 3.63) is 17.1 Å². The first-order chi connectivity index (χ1) is 7.62. The normalized spacial score (nSPS) is 25.3. The summed E-state index contributed by atoms with van der Waals surface area (Å²) in [5.41, 5.74) is 5.44. The van der Waals surface area contributed by atoms with Gasteiger partial charge in [-0.15, -0.1) is 0 Å². The molecule has 0 spiro atoms. The Hall–Kier alpha value is -0.810. The second-order valence-corrected chi connectivity index (χ2v) is 6.22. The highest BCUT2D eigenvalue weighted by Gasteiger charge is 2.49. The summed E-state index contributed by atoms with van der Waals surface area (Å²) in [6.45, 7) is 4.52. The largest absolute Gasteiger partial charge is 0.308 e. The van der Waals surface area contributed by atoms with E-state index in [1.54, 1.807) is 0 Å². The van der Waals surface area contributed by atoms with E-state index >= 15 is 0 Å². The Morgan fingerprint density at radius 3 is 2.75 bits per heavy atom. The summed E-state index contributed by atoms with van der Waals surface area (Å²) < 4.78 is 0. The molecule has 4 nitrogen and oxygen atoms in total. The molecular formula is C11H16N4S. The number of hydrogen-bond acceptors (Lipinski definition) is 5. The third-order valence-corrected chi connectivity index (χ3v) is 4.53. The molecule has 0 saturated heterocycles. The maximum atomic E-state index is 5.53. The predicted molar refractivity (Wildman–Crippen MR) is 66.0 cm³/mol. The van der Waals surface area contributed by atoms with Gasteiger partial charge in [0, 0.05) is 23.0 Å². The minimum atomic E-state index is 0.367. The number of nitrogens with zero attached hydrogens (tertiary/aromatic N) is 2. The summed E-state index contributed by atoms with van der Waals surface area (Å²) in [4.78, 5) is 9.25. The minimum absolute atomic E-state index is 0.367. The van der Waals surface area contributed by atoms with Gasteiger partial charge in [0.2, 0.25) is 0 Å². The molecule has 0 amide bonds. The van der Waals surface area contributed by atoms with E-state index < -0.39 is 0 Å². The quantitative estimate of drug-likeness (QED) is 0.607. The molecule has 2 aliphatic rings. The van der Waals surface area contributed by atoms with E-state index in [1.165, 1.54) is 17.7 Å². The maximum Gasteiger partial charge on any atom is 0.148 e. The summed E-state index contributed by atoms with van der Waals surface area (Å²) in [6, 6.07) is 0. The van der Waals surface area contributed by atoms with Crippen LogP contribution in [0.4, 0.5) is 5.82 Å². The maximum absolute atomic E-state index is 5.53. The van der Waals surface area contributed by atoms with Crippen LogP contribution >= 0.6 is 11.8 Å². The standard InChI is InChI=1S/C11H16N4S/c1-11(2)3-7(11)10-13-8-5-16-4-6(8)9(14-10)15-12/h7H,3-5,12H2,1-2H3,(H,13,14,15). The first kappa shape index (κ1) is 10.4. The fourth-order valence-corrected chi connectivity index (χ4v) is 3.30. The van der Waals surface area contributed by atoms with Gasteiger partial charge < -0.3 is 5.43 Å².